The van der Waals surface area contributed by atoms with E-state index in [2.05, 4.69) is 185 Å². The Bertz CT molecular complexity index is 3640. The number of furan rings is 1. The molecule has 2 aromatic heterocycles. The summed E-state index contributed by atoms with van der Waals surface area (Å²) in [6.45, 7) is -0.0853. The zero-order valence-corrected chi connectivity index (χ0v) is 31.3. The first-order chi connectivity index (χ1) is 28.3. The number of rotatable bonds is 0. The molecule has 0 radical (unpaired) electrons. The Hall–Kier alpha value is -6.95. The van der Waals surface area contributed by atoms with Crippen molar-refractivity contribution in [2.75, 3.05) is 4.81 Å². The zero-order valence-electron chi connectivity index (χ0n) is 30.5. The van der Waals surface area contributed by atoms with Crippen LogP contribution in [0.5, 0.6) is 0 Å². The number of hydrogen-bond donors (Lipinski definition) is 0. The highest BCUT2D eigenvalue weighted by Gasteiger charge is 2.54. The lowest BCUT2D eigenvalue weighted by Gasteiger charge is -2.53. The van der Waals surface area contributed by atoms with Gasteiger partial charge >= 0.3 is 6.85 Å². The normalized spacial score (nSPS) is 15.3. The van der Waals surface area contributed by atoms with Gasteiger partial charge in [-0.2, -0.15) is 0 Å². The summed E-state index contributed by atoms with van der Waals surface area (Å²) in [4.78, 5) is 8.44. The van der Waals surface area contributed by atoms with Crippen molar-refractivity contribution in [3.63, 3.8) is 0 Å². The van der Waals surface area contributed by atoms with Crippen molar-refractivity contribution in [3.05, 3.63) is 176 Å². The number of hydrogen-bond acceptors (Lipinski definition) is 2. The first-order valence-corrected chi connectivity index (χ1v) is 21.4. The van der Waals surface area contributed by atoms with E-state index < -0.39 is 10.0 Å². The number of aromatic nitrogens is 1. The van der Waals surface area contributed by atoms with Gasteiger partial charge < -0.3 is 13.8 Å². The van der Waals surface area contributed by atoms with Gasteiger partial charge in [0.1, 0.15) is 5.58 Å². The molecular formula is C52H29BN2OS. The van der Waals surface area contributed by atoms with Crippen LogP contribution in [0.25, 0.3) is 82.5 Å². The predicted octanol–water partition coefficient (Wildman–Crippen LogP) is 12.7. The molecule has 0 aliphatic carbocycles. The second-order valence-corrected chi connectivity index (χ2v) is 18.9. The maximum Gasteiger partial charge on any atom is 0.333 e. The Balaban J connectivity index is 1.19. The number of benzene rings is 9. The van der Waals surface area contributed by atoms with E-state index in [4.69, 9.17) is 4.42 Å². The van der Waals surface area contributed by atoms with Crippen LogP contribution in [0.3, 0.4) is 0 Å². The standard InChI is InChI=1S/C52H29BN2OS/c1-2-14-31-30(13-1)27-28-37-35-18-11-20-40-49(35)54(48(31)37)51-47-38(29-39-32-15-3-7-22-42(32)56-52(39)51)36-19-12-26-46-50(36)55(53(40)47)41-21-6-10-25-45(41)57(46)43-23-8-4-16-33(43)34-17-5-9-24-44(34)57/h1-29H. The van der Waals surface area contributed by atoms with Crippen LogP contribution in [-0.2, 0) is 0 Å². The molecule has 0 amide bonds. The lowest BCUT2D eigenvalue weighted by molar-refractivity contribution is 0.667. The van der Waals surface area contributed by atoms with Crippen LogP contribution in [0, 0.1) is 0 Å². The molecule has 0 saturated carbocycles. The number of fused-ring (bicyclic) bond motifs is 22. The highest BCUT2D eigenvalue weighted by atomic mass is 32.3. The molecular weight excluding hydrogens is 711 g/mol. The van der Waals surface area contributed by atoms with Crippen molar-refractivity contribution in [1.29, 1.82) is 0 Å². The van der Waals surface area contributed by atoms with Crippen LogP contribution >= 0.6 is 10.0 Å². The molecule has 0 unspecified atom stereocenters. The van der Waals surface area contributed by atoms with E-state index in [1.54, 1.807) is 0 Å². The Morgan fingerprint density at radius 1 is 0.439 bits per heavy atom. The number of para-hydroxylation sites is 4. The first-order valence-electron chi connectivity index (χ1n) is 19.8. The lowest BCUT2D eigenvalue weighted by atomic mass is 9.44. The fourth-order valence-corrected chi connectivity index (χ4v) is 16.0. The molecule has 6 heterocycles. The topological polar surface area (TPSA) is 21.3 Å². The molecule has 9 aromatic carbocycles. The summed E-state index contributed by atoms with van der Waals surface area (Å²) < 4.78 is 9.67. The van der Waals surface area contributed by atoms with Crippen LogP contribution in [-0.4, -0.2) is 11.4 Å². The van der Waals surface area contributed by atoms with E-state index in [0.29, 0.717) is 0 Å². The minimum Gasteiger partial charge on any atom is -0.454 e. The minimum atomic E-state index is -1.85. The van der Waals surface area contributed by atoms with Crippen molar-refractivity contribution in [3.8, 4) is 27.9 Å². The van der Waals surface area contributed by atoms with Crippen LogP contribution in [0.2, 0.25) is 0 Å². The summed E-state index contributed by atoms with van der Waals surface area (Å²) >= 11 is 0. The maximum atomic E-state index is 7.08. The van der Waals surface area contributed by atoms with Gasteiger partial charge in [-0.15, -0.1) is 10.0 Å². The van der Waals surface area contributed by atoms with Gasteiger partial charge in [0.05, 0.1) is 22.4 Å². The summed E-state index contributed by atoms with van der Waals surface area (Å²) in [6.07, 6.45) is 0. The van der Waals surface area contributed by atoms with E-state index in [1.165, 1.54) is 96.7 Å². The van der Waals surface area contributed by atoms with Gasteiger partial charge in [0.2, 0.25) is 0 Å². The zero-order chi connectivity index (χ0) is 36.7. The predicted molar refractivity (Wildman–Crippen MR) is 237 cm³/mol. The van der Waals surface area contributed by atoms with E-state index in [-0.39, 0.29) is 6.85 Å². The summed E-state index contributed by atoms with van der Waals surface area (Å²) in [5, 5.41) is 7.35. The third-order valence-corrected chi connectivity index (χ3v) is 17.5. The van der Waals surface area contributed by atoms with Gasteiger partial charge in [-0.1, -0.05) is 133 Å². The van der Waals surface area contributed by atoms with Gasteiger partial charge in [0.25, 0.3) is 0 Å². The Morgan fingerprint density at radius 3 is 1.95 bits per heavy atom. The molecule has 0 N–H and O–H groups in total. The van der Waals surface area contributed by atoms with Gasteiger partial charge in [-0.3, -0.25) is 0 Å². The Labute approximate surface area is 329 Å². The Morgan fingerprint density at radius 2 is 1.09 bits per heavy atom. The first kappa shape index (κ1) is 29.4. The van der Waals surface area contributed by atoms with E-state index in [0.717, 1.165) is 27.6 Å². The smallest absolute Gasteiger partial charge is 0.333 e. The second kappa shape index (κ2) is 9.88. The summed E-state index contributed by atoms with van der Waals surface area (Å²) in [7, 11) is -1.85. The second-order valence-electron chi connectivity index (χ2n) is 15.9. The molecule has 1 spiro atoms. The van der Waals surface area contributed by atoms with Gasteiger partial charge in [-0.25, -0.2) is 0 Å². The van der Waals surface area contributed by atoms with Crippen molar-refractivity contribution in [1.82, 2.24) is 4.57 Å². The van der Waals surface area contributed by atoms with E-state index >= 15 is 0 Å². The molecule has 5 heteroatoms. The van der Waals surface area contributed by atoms with Gasteiger partial charge in [0, 0.05) is 57.8 Å². The molecule has 3 nitrogen and oxygen atoms in total. The molecule has 262 valence electrons. The van der Waals surface area contributed by atoms with Gasteiger partial charge in [-0.05, 0) is 75.5 Å². The third-order valence-electron chi connectivity index (χ3n) is 13.5. The third kappa shape index (κ3) is 3.17. The SMILES string of the molecule is c1ccc2c(c1)-c1ccccc1S21c2ccccc2N2B3c4c(cc5c(oc6ccccc65)c4-n4c5c3cccc5c3ccc5ccccc5c34)-c3cccc1c32. The van der Waals surface area contributed by atoms with Crippen LogP contribution in [0.1, 0.15) is 0 Å². The fourth-order valence-electron chi connectivity index (χ4n) is 11.5. The van der Waals surface area contributed by atoms with Crippen LogP contribution < -0.4 is 15.7 Å². The number of anilines is 2. The van der Waals surface area contributed by atoms with Crippen molar-refractivity contribution in [2.45, 2.75) is 19.6 Å². The van der Waals surface area contributed by atoms with Gasteiger partial charge in [0.15, 0.2) is 5.58 Å². The molecule has 0 atom stereocenters. The van der Waals surface area contributed by atoms with Crippen LogP contribution in [0.4, 0.5) is 11.4 Å². The molecule has 0 saturated heterocycles. The van der Waals surface area contributed by atoms with Crippen molar-refractivity contribution >= 4 is 93.7 Å². The molecule has 4 aliphatic rings. The van der Waals surface area contributed by atoms with Crippen molar-refractivity contribution in [2.24, 2.45) is 0 Å². The lowest BCUT2D eigenvalue weighted by Crippen LogP contribution is -2.61. The average molecular weight is 741 g/mol. The summed E-state index contributed by atoms with van der Waals surface area (Å²) in [5.74, 6) is 0. The largest absolute Gasteiger partial charge is 0.454 e. The molecule has 0 fully saturated rings. The minimum absolute atomic E-state index is 0.0853. The average Bonchev–Trinajstić information content (AvgIpc) is 3.92. The molecule has 0 bridgehead atoms. The quantitative estimate of drug-likeness (QED) is 0.144. The van der Waals surface area contributed by atoms with E-state index in [1.807, 2.05) is 0 Å². The summed E-state index contributed by atoms with van der Waals surface area (Å²) in [6, 6.07) is 66.5. The molecule has 15 rings (SSSR count). The fraction of sp³-hybridized carbons (Fsp3) is 0. The molecule has 57 heavy (non-hydrogen) atoms. The molecule has 4 aliphatic heterocycles. The highest BCUT2D eigenvalue weighted by molar-refractivity contribution is 8.34. The van der Waals surface area contributed by atoms with Crippen LogP contribution in [0.15, 0.2) is 200 Å². The summed E-state index contributed by atoms with van der Waals surface area (Å²) in [5.41, 5.74) is 16.1. The number of nitrogens with zero attached hydrogens (tertiary/aromatic N) is 2. The van der Waals surface area contributed by atoms with Crippen molar-refractivity contribution < 1.29 is 4.42 Å². The van der Waals surface area contributed by atoms with E-state index in [9.17, 15) is 0 Å². The Kier molecular flexibility index (Phi) is 5.09. The molecule has 11 aromatic rings. The highest BCUT2D eigenvalue weighted by Crippen LogP contribution is 2.84. The maximum absolute atomic E-state index is 7.08. The monoisotopic (exact) mass is 740 g/mol.